The number of benzene rings is 2. The lowest BCUT2D eigenvalue weighted by molar-refractivity contribution is -0.131. The Morgan fingerprint density at radius 1 is 0.917 bits per heavy atom. The lowest BCUT2D eigenvalue weighted by Crippen LogP contribution is -2.28. The van der Waals surface area contributed by atoms with Gasteiger partial charge >= 0.3 is 0 Å². The first-order chi connectivity index (χ1) is 11.6. The summed E-state index contributed by atoms with van der Waals surface area (Å²) in [5.74, 6) is -0.939. The number of carbonyl (C=O) groups is 2. The molecule has 0 amide bonds. The number of para-hydroxylation sites is 1. The Morgan fingerprint density at radius 3 is 2.21 bits per heavy atom. The molecule has 1 N–H and O–H groups in total. The standard InChI is InChI=1S/C21H21NO2/c1-14(23)21(15(2)24)18(12-16-8-4-3-5-9-16)19-13-22-20-11-7-6-10-17(19)20/h3-11,13,18,21-22H,12H2,1-2H3. The summed E-state index contributed by atoms with van der Waals surface area (Å²) in [6.45, 7) is 3.03. The van der Waals surface area contributed by atoms with E-state index in [1.54, 1.807) is 0 Å². The third-order valence-electron chi connectivity index (χ3n) is 4.60. The number of hydrogen-bond donors (Lipinski definition) is 1. The predicted molar refractivity (Wildman–Crippen MR) is 96.0 cm³/mol. The maximum Gasteiger partial charge on any atom is 0.140 e. The van der Waals surface area contributed by atoms with E-state index < -0.39 is 5.92 Å². The molecule has 0 radical (unpaired) electrons. The van der Waals surface area contributed by atoms with E-state index in [2.05, 4.69) is 4.98 Å². The topological polar surface area (TPSA) is 49.9 Å². The number of aromatic amines is 1. The molecule has 0 aliphatic heterocycles. The van der Waals surface area contributed by atoms with E-state index in [9.17, 15) is 9.59 Å². The highest BCUT2D eigenvalue weighted by atomic mass is 16.1. The summed E-state index contributed by atoms with van der Waals surface area (Å²) in [4.78, 5) is 27.7. The highest BCUT2D eigenvalue weighted by Crippen LogP contribution is 2.34. The maximum atomic E-state index is 12.2. The SMILES string of the molecule is CC(=O)C(C(C)=O)C(Cc1ccccc1)c1c[nH]c2ccccc12. The molecule has 3 heteroatoms. The van der Waals surface area contributed by atoms with Gasteiger partial charge in [-0.1, -0.05) is 48.5 Å². The second-order valence-corrected chi connectivity index (χ2v) is 6.28. The van der Waals surface area contributed by atoms with Crippen molar-refractivity contribution in [1.29, 1.82) is 0 Å². The van der Waals surface area contributed by atoms with Gasteiger partial charge in [-0.05, 0) is 37.5 Å². The third kappa shape index (κ3) is 3.16. The van der Waals surface area contributed by atoms with Crippen LogP contribution in [0.15, 0.2) is 60.8 Å². The molecule has 0 bridgehead atoms. The lowest BCUT2D eigenvalue weighted by atomic mass is 9.77. The Morgan fingerprint density at radius 2 is 1.54 bits per heavy atom. The van der Waals surface area contributed by atoms with E-state index in [0.717, 1.165) is 22.0 Å². The van der Waals surface area contributed by atoms with E-state index in [1.165, 1.54) is 13.8 Å². The van der Waals surface area contributed by atoms with Gasteiger partial charge in [0.25, 0.3) is 0 Å². The average molecular weight is 319 g/mol. The molecule has 24 heavy (non-hydrogen) atoms. The number of fused-ring (bicyclic) bond motifs is 1. The molecule has 0 saturated carbocycles. The number of ketones is 2. The Bertz CT molecular complexity index is 850. The van der Waals surface area contributed by atoms with Gasteiger partial charge in [-0.15, -0.1) is 0 Å². The minimum atomic E-state index is -0.621. The summed E-state index contributed by atoms with van der Waals surface area (Å²) >= 11 is 0. The Labute approximate surface area is 141 Å². The van der Waals surface area contributed by atoms with Crippen LogP contribution >= 0.6 is 0 Å². The van der Waals surface area contributed by atoms with Gasteiger partial charge < -0.3 is 4.98 Å². The molecular weight excluding hydrogens is 298 g/mol. The van der Waals surface area contributed by atoms with Crippen LogP contribution in [0.4, 0.5) is 0 Å². The number of H-pyrrole nitrogens is 1. The van der Waals surface area contributed by atoms with Crippen LogP contribution in [0.2, 0.25) is 0 Å². The normalized spacial score (nSPS) is 12.5. The Hall–Kier alpha value is -2.68. The van der Waals surface area contributed by atoms with Crippen molar-refractivity contribution in [3.05, 3.63) is 71.9 Å². The minimum absolute atomic E-state index is 0.0753. The van der Waals surface area contributed by atoms with Crippen LogP contribution in [0.1, 0.15) is 30.9 Å². The molecule has 3 rings (SSSR count). The van der Waals surface area contributed by atoms with Crippen molar-refractivity contribution in [2.24, 2.45) is 5.92 Å². The number of carbonyl (C=O) groups excluding carboxylic acids is 2. The van der Waals surface area contributed by atoms with Gasteiger partial charge in [-0.2, -0.15) is 0 Å². The van der Waals surface area contributed by atoms with E-state index in [-0.39, 0.29) is 17.5 Å². The van der Waals surface area contributed by atoms with Gasteiger partial charge in [0.2, 0.25) is 0 Å². The quantitative estimate of drug-likeness (QED) is 0.689. The first kappa shape index (κ1) is 16.2. The van der Waals surface area contributed by atoms with Crippen LogP contribution in [0.3, 0.4) is 0 Å². The van der Waals surface area contributed by atoms with Gasteiger partial charge in [0.05, 0.1) is 5.92 Å². The zero-order valence-electron chi connectivity index (χ0n) is 14.0. The van der Waals surface area contributed by atoms with Gasteiger partial charge in [0.15, 0.2) is 0 Å². The smallest absolute Gasteiger partial charge is 0.140 e. The molecule has 0 spiro atoms. The molecule has 1 aromatic heterocycles. The first-order valence-corrected chi connectivity index (χ1v) is 8.18. The number of aromatic nitrogens is 1. The summed E-state index contributed by atoms with van der Waals surface area (Å²) in [5, 5.41) is 1.07. The van der Waals surface area contributed by atoms with Gasteiger partial charge in [-0.3, -0.25) is 9.59 Å². The average Bonchev–Trinajstić information content (AvgIpc) is 2.98. The van der Waals surface area contributed by atoms with Gasteiger partial charge in [0.1, 0.15) is 11.6 Å². The molecule has 0 fully saturated rings. The summed E-state index contributed by atoms with van der Waals surface area (Å²) < 4.78 is 0. The van der Waals surface area contributed by atoms with Crippen molar-refractivity contribution < 1.29 is 9.59 Å². The largest absolute Gasteiger partial charge is 0.361 e. The summed E-state index contributed by atoms with van der Waals surface area (Å²) in [6, 6.07) is 18.0. The van der Waals surface area contributed by atoms with E-state index >= 15 is 0 Å². The molecule has 0 aliphatic rings. The molecule has 2 aromatic carbocycles. The highest BCUT2D eigenvalue weighted by Gasteiger charge is 2.32. The van der Waals surface area contributed by atoms with Crippen molar-refractivity contribution in [2.75, 3.05) is 0 Å². The molecule has 1 unspecified atom stereocenters. The second-order valence-electron chi connectivity index (χ2n) is 6.28. The van der Waals surface area contributed by atoms with Crippen molar-refractivity contribution in [1.82, 2.24) is 4.98 Å². The van der Waals surface area contributed by atoms with Crippen LogP contribution in [-0.2, 0) is 16.0 Å². The first-order valence-electron chi connectivity index (χ1n) is 8.18. The minimum Gasteiger partial charge on any atom is -0.361 e. The molecule has 3 aromatic rings. The number of Topliss-reactive ketones (excluding diaryl/α,β-unsaturated/α-hetero) is 2. The zero-order chi connectivity index (χ0) is 17.1. The lowest BCUT2D eigenvalue weighted by Gasteiger charge is -2.23. The van der Waals surface area contributed by atoms with Gasteiger partial charge in [-0.25, -0.2) is 0 Å². The molecule has 122 valence electrons. The summed E-state index contributed by atoms with van der Waals surface area (Å²) in [6.07, 6.45) is 2.60. The number of nitrogens with one attached hydrogen (secondary N) is 1. The monoisotopic (exact) mass is 319 g/mol. The van der Waals surface area contributed by atoms with Crippen LogP contribution in [0.25, 0.3) is 10.9 Å². The van der Waals surface area contributed by atoms with Crippen molar-refractivity contribution >= 4 is 22.5 Å². The molecule has 1 heterocycles. The molecule has 3 nitrogen and oxygen atoms in total. The maximum absolute atomic E-state index is 12.2. The fraction of sp³-hybridized carbons (Fsp3) is 0.238. The Kier molecular flexibility index (Phi) is 4.61. The Balaban J connectivity index is 2.10. The molecule has 0 aliphatic carbocycles. The van der Waals surface area contributed by atoms with Crippen LogP contribution in [-0.4, -0.2) is 16.6 Å². The number of hydrogen-bond acceptors (Lipinski definition) is 2. The second kappa shape index (κ2) is 6.83. The predicted octanol–water partition coefficient (Wildman–Crippen LogP) is 4.29. The zero-order valence-corrected chi connectivity index (χ0v) is 14.0. The van der Waals surface area contributed by atoms with E-state index in [4.69, 9.17) is 0 Å². The van der Waals surface area contributed by atoms with Crippen LogP contribution in [0.5, 0.6) is 0 Å². The molecule has 0 saturated heterocycles. The van der Waals surface area contributed by atoms with Gasteiger partial charge in [0, 0.05) is 23.0 Å². The van der Waals surface area contributed by atoms with E-state index in [0.29, 0.717) is 6.42 Å². The molecular formula is C21H21NO2. The van der Waals surface area contributed by atoms with Crippen molar-refractivity contribution in [2.45, 2.75) is 26.2 Å². The fourth-order valence-electron chi connectivity index (χ4n) is 3.53. The summed E-state index contributed by atoms with van der Waals surface area (Å²) in [7, 11) is 0. The highest BCUT2D eigenvalue weighted by molar-refractivity contribution is 6.02. The van der Waals surface area contributed by atoms with Crippen molar-refractivity contribution in [3.63, 3.8) is 0 Å². The van der Waals surface area contributed by atoms with Crippen molar-refractivity contribution in [3.8, 4) is 0 Å². The third-order valence-corrected chi connectivity index (χ3v) is 4.60. The van der Waals surface area contributed by atoms with E-state index in [1.807, 2.05) is 60.8 Å². The summed E-state index contributed by atoms with van der Waals surface area (Å²) in [5.41, 5.74) is 3.18. The van der Waals surface area contributed by atoms with Crippen LogP contribution in [0, 0.1) is 5.92 Å². The fourth-order valence-corrected chi connectivity index (χ4v) is 3.53. The molecule has 1 atom stereocenters. The van der Waals surface area contributed by atoms with Crippen LogP contribution < -0.4 is 0 Å². The number of rotatable bonds is 6.